The molecule has 8 heteroatoms. The zero-order valence-corrected chi connectivity index (χ0v) is 16.7. The largest absolute Gasteiger partial charge is 0.491 e. The zero-order chi connectivity index (χ0) is 18.4. The third-order valence-corrected chi connectivity index (χ3v) is 5.46. The third kappa shape index (κ3) is 4.56. The summed E-state index contributed by atoms with van der Waals surface area (Å²) in [5.41, 5.74) is 7.78. The van der Waals surface area contributed by atoms with Crippen LogP contribution >= 0.6 is 23.3 Å². The number of hydrogen-bond donors (Lipinski definition) is 2. The lowest BCUT2D eigenvalue weighted by molar-refractivity contribution is 0.104. The molecule has 3 N–H and O–H groups in total. The second-order valence-electron chi connectivity index (χ2n) is 5.77. The Kier molecular flexibility index (Phi) is 6.90. The predicted octanol–water partition coefficient (Wildman–Crippen LogP) is 3.64. The molecule has 6 nitrogen and oxygen atoms in total. The highest BCUT2D eigenvalue weighted by molar-refractivity contribution is 7.96. The number of benzene rings is 1. The molecule has 0 amide bonds. The van der Waals surface area contributed by atoms with E-state index in [0.717, 1.165) is 51.3 Å². The molecule has 0 fully saturated rings. The van der Waals surface area contributed by atoms with Crippen LogP contribution in [0.2, 0.25) is 0 Å². The van der Waals surface area contributed by atoms with E-state index in [1.165, 1.54) is 0 Å². The zero-order valence-electron chi connectivity index (χ0n) is 15.1. The number of rotatable bonds is 10. The van der Waals surface area contributed by atoms with E-state index in [4.69, 9.17) is 15.2 Å². The fourth-order valence-electron chi connectivity index (χ4n) is 2.65. The first kappa shape index (κ1) is 19.2. The Morgan fingerprint density at radius 1 is 1.23 bits per heavy atom. The van der Waals surface area contributed by atoms with Crippen molar-refractivity contribution in [3.05, 3.63) is 23.2 Å². The number of anilines is 1. The number of hydrogen-bond acceptors (Lipinski definition) is 8. The van der Waals surface area contributed by atoms with Gasteiger partial charge in [0.2, 0.25) is 0 Å². The molecule has 0 aliphatic rings. The normalized spacial score (nSPS) is 11.5. The number of fused-ring (bicyclic) bond motifs is 3. The summed E-state index contributed by atoms with van der Waals surface area (Å²) in [5.74, 6) is 1.25. The number of nitrogens with one attached hydrogen (secondary N) is 1. The summed E-state index contributed by atoms with van der Waals surface area (Å²) in [6.45, 7) is 4.70. The fourth-order valence-corrected chi connectivity index (χ4v) is 4.14. The van der Waals surface area contributed by atoms with Gasteiger partial charge in [0.15, 0.2) is 5.82 Å². The summed E-state index contributed by atoms with van der Waals surface area (Å²) in [6.07, 6.45) is 4.03. The van der Waals surface area contributed by atoms with Crippen LogP contribution in [0, 0.1) is 0 Å². The van der Waals surface area contributed by atoms with Gasteiger partial charge in [0.1, 0.15) is 17.9 Å². The number of thiazole rings is 1. The number of pyridine rings is 1. The average Bonchev–Trinajstić information content (AvgIpc) is 3.06. The minimum Gasteiger partial charge on any atom is -0.491 e. The number of nitrogen functional groups attached to an aromatic ring is 1. The minimum atomic E-state index is 0.480. The number of ether oxygens (including phenoxy) is 2. The van der Waals surface area contributed by atoms with E-state index < -0.39 is 0 Å². The first-order valence-corrected chi connectivity index (χ1v) is 10.7. The molecule has 3 rings (SSSR count). The second kappa shape index (κ2) is 9.36. The van der Waals surface area contributed by atoms with Gasteiger partial charge in [-0.2, -0.15) is 0 Å². The number of nitrogens with zero attached hydrogens (tertiary/aromatic N) is 2. The molecule has 2 heterocycles. The van der Waals surface area contributed by atoms with E-state index in [2.05, 4.69) is 21.6 Å². The quantitative estimate of drug-likeness (QED) is 0.402. The van der Waals surface area contributed by atoms with Crippen LogP contribution in [0.4, 0.5) is 5.82 Å². The molecule has 0 atom stereocenters. The highest BCUT2D eigenvalue weighted by Crippen LogP contribution is 2.34. The molecule has 0 aliphatic heterocycles. The summed E-state index contributed by atoms with van der Waals surface area (Å²) >= 11 is 3.29. The van der Waals surface area contributed by atoms with Gasteiger partial charge >= 0.3 is 0 Å². The molecular formula is C18H24N4O2S2. The Morgan fingerprint density at radius 2 is 2.12 bits per heavy atom. The molecule has 0 unspecified atom stereocenters. The van der Waals surface area contributed by atoms with E-state index >= 15 is 0 Å². The van der Waals surface area contributed by atoms with E-state index in [0.29, 0.717) is 25.6 Å². The molecule has 1 aromatic carbocycles. The highest BCUT2D eigenvalue weighted by atomic mass is 32.2. The van der Waals surface area contributed by atoms with E-state index in [-0.39, 0.29) is 0 Å². The fraction of sp³-hybridized carbons (Fsp3) is 0.444. The highest BCUT2D eigenvalue weighted by Gasteiger charge is 2.12. The molecule has 0 aliphatic carbocycles. The Bertz CT molecular complexity index is 869. The summed E-state index contributed by atoms with van der Waals surface area (Å²) in [7, 11) is 0. The van der Waals surface area contributed by atoms with Crippen molar-refractivity contribution in [2.24, 2.45) is 0 Å². The van der Waals surface area contributed by atoms with Crippen LogP contribution in [0.3, 0.4) is 0 Å². The van der Waals surface area contributed by atoms with Gasteiger partial charge < -0.3 is 15.2 Å². The van der Waals surface area contributed by atoms with E-state index in [9.17, 15) is 0 Å². The van der Waals surface area contributed by atoms with Crippen molar-refractivity contribution in [2.45, 2.75) is 19.8 Å². The Hall–Kier alpha value is -1.61. The number of nitrogens with two attached hydrogens (primary N) is 1. The molecule has 0 saturated heterocycles. The Labute approximate surface area is 161 Å². The molecule has 3 aromatic rings. The van der Waals surface area contributed by atoms with E-state index in [1.54, 1.807) is 23.3 Å². The van der Waals surface area contributed by atoms with Crippen LogP contribution in [-0.4, -0.2) is 42.6 Å². The van der Waals surface area contributed by atoms with Gasteiger partial charge in [0.25, 0.3) is 0 Å². The van der Waals surface area contributed by atoms with Crippen molar-refractivity contribution < 1.29 is 9.47 Å². The van der Waals surface area contributed by atoms with Gasteiger partial charge in [0, 0.05) is 18.0 Å². The Morgan fingerprint density at radius 3 is 2.92 bits per heavy atom. The van der Waals surface area contributed by atoms with Gasteiger partial charge in [0.05, 0.1) is 28.4 Å². The van der Waals surface area contributed by atoms with Crippen LogP contribution < -0.4 is 15.2 Å². The summed E-state index contributed by atoms with van der Waals surface area (Å²) in [4.78, 5) is 9.16. The van der Waals surface area contributed by atoms with Crippen LogP contribution in [0.5, 0.6) is 5.75 Å². The first-order chi connectivity index (χ1) is 12.7. The Balaban J connectivity index is 1.69. The molecular weight excluding hydrogens is 368 g/mol. The standard InChI is InChI=1S/C18H24N4O2S2/c1-3-4-15-22-16-17(26-15)13-6-5-12(11-14(13)21-18(16)19)24-10-9-23-8-7-20-25-2/h5-6,11,20H,3-4,7-10H2,1-2H3,(H2,19,21). The maximum Gasteiger partial charge on any atom is 0.151 e. The van der Waals surface area contributed by atoms with Crippen LogP contribution in [-0.2, 0) is 11.2 Å². The SMILES string of the molecule is CCCc1nc2c(N)nc3cc(OCCOCCNSC)ccc3c2s1. The molecule has 26 heavy (non-hydrogen) atoms. The van der Waals surface area contributed by atoms with Gasteiger partial charge in [-0.1, -0.05) is 18.9 Å². The smallest absolute Gasteiger partial charge is 0.151 e. The van der Waals surface area contributed by atoms with Crippen LogP contribution in [0.15, 0.2) is 18.2 Å². The van der Waals surface area contributed by atoms with Crippen molar-refractivity contribution in [3.8, 4) is 5.75 Å². The maximum atomic E-state index is 6.13. The summed E-state index contributed by atoms with van der Waals surface area (Å²) in [6, 6.07) is 5.93. The van der Waals surface area contributed by atoms with Crippen molar-refractivity contribution in [1.29, 1.82) is 0 Å². The summed E-state index contributed by atoms with van der Waals surface area (Å²) in [5, 5.41) is 2.18. The van der Waals surface area contributed by atoms with Crippen LogP contribution in [0.25, 0.3) is 21.1 Å². The number of aryl methyl sites for hydroxylation is 1. The lowest BCUT2D eigenvalue weighted by Gasteiger charge is -2.08. The first-order valence-electron chi connectivity index (χ1n) is 8.68. The second-order valence-corrected chi connectivity index (χ2v) is 7.55. The van der Waals surface area contributed by atoms with Gasteiger partial charge in [-0.3, -0.25) is 4.72 Å². The monoisotopic (exact) mass is 392 g/mol. The minimum absolute atomic E-state index is 0.480. The number of aromatic nitrogens is 2. The van der Waals surface area contributed by atoms with Crippen molar-refractivity contribution in [2.75, 3.05) is 38.4 Å². The van der Waals surface area contributed by atoms with Crippen molar-refractivity contribution in [1.82, 2.24) is 14.7 Å². The average molecular weight is 393 g/mol. The molecule has 0 saturated carbocycles. The molecule has 2 aromatic heterocycles. The molecule has 0 spiro atoms. The lowest BCUT2D eigenvalue weighted by atomic mass is 10.2. The third-order valence-electron chi connectivity index (χ3n) is 3.82. The molecule has 140 valence electrons. The molecule has 0 bridgehead atoms. The van der Waals surface area contributed by atoms with Gasteiger partial charge in [-0.25, -0.2) is 9.97 Å². The van der Waals surface area contributed by atoms with Crippen molar-refractivity contribution >= 4 is 50.2 Å². The van der Waals surface area contributed by atoms with Crippen molar-refractivity contribution in [3.63, 3.8) is 0 Å². The lowest BCUT2D eigenvalue weighted by Crippen LogP contribution is -2.15. The van der Waals surface area contributed by atoms with Gasteiger partial charge in [-0.05, 0) is 31.2 Å². The van der Waals surface area contributed by atoms with Gasteiger partial charge in [-0.15, -0.1) is 11.3 Å². The van der Waals surface area contributed by atoms with E-state index in [1.807, 2.05) is 24.5 Å². The van der Waals surface area contributed by atoms with Crippen LogP contribution in [0.1, 0.15) is 18.4 Å². The topological polar surface area (TPSA) is 82.3 Å². The molecule has 0 radical (unpaired) electrons. The predicted molar refractivity (Wildman–Crippen MR) is 111 cm³/mol. The maximum absolute atomic E-state index is 6.13. The summed E-state index contributed by atoms with van der Waals surface area (Å²) < 4.78 is 15.5.